The van der Waals surface area contributed by atoms with E-state index in [1.165, 1.54) is 11.1 Å². The molecule has 3 aromatic rings. The Morgan fingerprint density at radius 1 is 1.29 bits per heavy atom. The lowest BCUT2D eigenvalue weighted by molar-refractivity contribution is 0.552. The normalized spacial score (nSPS) is 12.7. The van der Waals surface area contributed by atoms with Crippen LogP contribution in [0.15, 0.2) is 53.5 Å². The van der Waals surface area contributed by atoms with Crippen LogP contribution in [0.5, 0.6) is 0 Å². The maximum absolute atomic E-state index is 4.41. The zero-order valence-electron chi connectivity index (χ0n) is 11.8. The minimum atomic E-state index is 0.218. The molecule has 2 heterocycles. The summed E-state index contributed by atoms with van der Waals surface area (Å²) in [6.45, 7) is 3.03. The zero-order valence-corrected chi connectivity index (χ0v) is 13.4. The predicted molar refractivity (Wildman–Crippen MR) is 87.3 cm³/mol. The smallest absolute Gasteiger partial charge is 0.0892 e. The molecule has 2 aromatic heterocycles. The third kappa shape index (κ3) is 2.99. The van der Waals surface area contributed by atoms with E-state index in [-0.39, 0.29) is 6.04 Å². The number of rotatable bonds is 5. The summed E-state index contributed by atoms with van der Waals surface area (Å²) < 4.78 is 3.01. The van der Waals surface area contributed by atoms with Crippen molar-refractivity contribution >= 4 is 21.4 Å². The van der Waals surface area contributed by atoms with Gasteiger partial charge in [-0.15, -0.1) is 0 Å². The van der Waals surface area contributed by atoms with Gasteiger partial charge in [-0.3, -0.25) is 4.98 Å². The molecule has 1 N–H and O–H groups in total. The summed E-state index contributed by atoms with van der Waals surface area (Å²) in [5, 5.41) is 7.96. The van der Waals surface area contributed by atoms with Gasteiger partial charge in [-0.1, -0.05) is 41.1 Å². The van der Waals surface area contributed by atoms with E-state index < -0.39 is 0 Å². The Morgan fingerprint density at radius 2 is 2.14 bits per heavy atom. The van der Waals surface area contributed by atoms with E-state index in [2.05, 4.69) is 56.5 Å². The van der Waals surface area contributed by atoms with Crippen molar-refractivity contribution in [2.24, 2.45) is 0 Å². The van der Waals surface area contributed by atoms with Crippen LogP contribution in [0.25, 0.3) is 5.52 Å². The second-order valence-corrected chi connectivity index (χ2v) is 5.77. The van der Waals surface area contributed by atoms with Gasteiger partial charge in [0.15, 0.2) is 0 Å². The number of hydrogen-bond acceptors (Lipinski definition) is 3. The van der Waals surface area contributed by atoms with Crippen LogP contribution >= 0.6 is 15.9 Å². The van der Waals surface area contributed by atoms with Crippen molar-refractivity contribution in [2.45, 2.75) is 19.4 Å². The molecule has 4 nitrogen and oxygen atoms in total. The first-order chi connectivity index (χ1) is 10.3. The maximum Gasteiger partial charge on any atom is 0.0892 e. The van der Waals surface area contributed by atoms with Crippen molar-refractivity contribution in [1.29, 1.82) is 0 Å². The molecule has 1 unspecified atom stereocenters. The molecule has 108 valence electrons. The number of hydrogen-bond donors (Lipinski definition) is 1. The van der Waals surface area contributed by atoms with E-state index in [1.54, 1.807) is 6.20 Å². The summed E-state index contributed by atoms with van der Waals surface area (Å²) in [5.74, 6) is 0. The summed E-state index contributed by atoms with van der Waals surface area (Å²) in [7, 11) is 0. The Balaban J connectivity index is 1.96. The molecule has 0 saturated heterocycles. The molecule has 1 aromatic carbocycles. The van der Waals surface area contributed by atoms with Gasteiger partial charge in [0.05, 0.1) is 17.9 Å². The van der Waals surface area contributed by atoms with Crippen LogP contribution in [0.4, 0.5) is 0 Å². The molecule has 0 fully saturated rings. The van der Waals surface area contributed by atoms with E-state index in [1.807, 2.05) is 29.2 Å². The minimum Gasteiger partial charge on any atom is -0.310 e. The lowest BCUT2D eigenvalue weighted by Crippen LogP contribution is -2.23. The first kappa shape index (κ1) is 14.2. The SMILES string of the molecule is CCNC(Cc1ccccc1Br)c1cnn2ccncc12. The highest BCUT2D eigenvalue weighted by atomic mass is 79.9. The highest BCUT2D eigenvalue weighted by Gasteiger charge is 2.17. The van der Waals surface area contributed by atoms with Gasteiger partial charge in [-0.25, -0.2) is 4.52 Å². The van der Waals surface area contributed by atoms with Crippen molar-refractivity contribution in [3.63, 3.8) is 0 Å². The molecule has 21 heavy (non-hydrogen) atoms. The van der Waals surface area contributed by atoms with Crippen LogP contribution in [-0.4, -0.2) is 21.1 Å². The molecule has 0 aliphatic carbocycles. The summed E-state index contributed by atoms with van der Waals surface area (Å²) >= 11 is 3.63. The van der Waals surface area contributed by atoms with Crippen molar-refractivity contribution < 1.29 is 0 Å². The van der Waals surface area contributed by atoms with Crippen LogP contribution in [0.1, 0.15) is 24.1 Å². The number of halogens is 1. The van der Waals surface area contributed by atoms with Crippen LogP contribution in [0, 0.1) is 0 Å². The average Bonchev–Trinajstić information content (AvgIpc) is 2.93. The number of likely N-dealkylation sites (N-methyl/N-ethyl adjacent to an activating group) is 1. The van der Waals surface area contributed by atoms with E-state index >= 15 is 0 Å². The van der Waals surface area contributed by atoms with Gasteiger partial charge >= 0.3 is 0 Å². The van der Waals surface area contributed by atoms with E-state index in [4.69, 9.17) is 0 Å². The summed E-state index contributed by atoms with van der Waals surface area (Å²) in [4.78, 5) is 4.21. The number of nitrogens with one attached hydrogen (secondary N) is 1. The largest absolute Gasteiger partial charge is 0.310 e. The van der Waals surface area contributed by atoms with Gasteiger partial charge in [0.2, 0.25) is 0 Å². The van der Waals surface area contributed by atoms with Crippen LogP contribution < -0.4 is 5.32 Å². The molecule has 0 amide bonds. The quantitative estimate of drug-likeness (QED) is 0.771. The highest BCUT2D eigenvalue weighted by Crippen LogP contribution is 2.26. The van der Waals surface area contributed by atoms with Crippen molar-refractivity contribution in [1.82, 2.24) is 19.9 Å². The van der Waals surface area contributed by atoms with Crippen molar-refractivity contribution in [3.8, 4) is 0 Å². The average molecular weight is 345 g/mol. The van der Waals surface area contributed by atoms with E-state index in [0.29, 0.717) is 0 Å². The van der Waals surface area contributed by atoms with Crippen LogP contribution in [-0.2, 0) is 6.42 Å². The zero-order chi connectivity index (χ0) is 14.7. The Kier molecular flexibility index (Phi) is 4.31. The lowest BCUT2D eigenvalue weighted by Gasteiger charge is -2.18. The first-order valence-corrected chi connectivity index (χ1v) is 7.83. The van der Waals surface area contributed by atoms with Gasteiger partial charge in [0, 0.05) is 28.5 Å². The molecule has 1 atom stereocenters. The number of aromatic nitrogens is 3. The lowest BCUT2D eigenvalue weighted by atomic mass is 10.00. The summed E-state index contributed by atoms with van der Waals surface area (Å²) in [6, 6.07) is 8.56. The molecule has 0 saturated carbocycles. The Hall–Kier alpha value is -1.72. The molecule has 0 spiro atoms. The second kappa shape index (κ2) is 6.37. The van der Waals surface area contributed by atoms with Crippen molar-refractivity contribution in [2.75, 3.05) is 6.54 Å². The Labute approximate surface area is 132 Å². The Bertz CT molecular complexity index is 738. The number of benzene rings is 1. The first-order valence-electron chi connectivity index (χ1n) is 7.03. The molecular formula is C16H17BrN4. The van der Waals surface area contributed by atoms with E-state index in [0.717, 1.165) is 23.0 Å². The summed E-state index contributed by atoms with van der Waals surface area (Å²) in [6.07, 6.45) is 8.33. The van der Waals surface area contributed by atoms with Gasteiger partial charge in [0.1, 0.15) is 0 Å². The summed E-state index contributed by atoms with van der Waals surface area (Å²) in [5.41, 5.74) is 3.52. The minimum absolute atomic E-state index is 0.218. The predicted octanol–water partition coefficient (Wildman–Crippen LogP) is 3.39. The molecular weight excluding hydrogens is 328 g/mol. The highest BCUT2D eigenvalue weighted by molar-refractivity contribution is 9.10. The topological polar surface area (TPSA) is 42.2 Å². The molecule has 0 radical (unpaired) electrons. The molecule has 5 heteroatoms. The van der Waals surface area contributed by atoms with Gasteiger partial charge in [0.25, 0.3) is 0 Å². The van der Waals surface area contributed by atoms with Gasteiger partial charge in [-0.2, -0.15) is 5.10 Å². The van der Waals surface area contributed by atoms with Crippen molar-refractivity contribution in [3.05, 3.63) is 64.7 Å². The number of nitrogens with zero attached hydrogens (tertiary/aromatic N) is 3. The monoisotopic (exact) mass is 344 g/mol. The third-order valence-electron chi connectivity index (χ3n) is 3.56. The Morgan fingerprint density at radius 3 is 2.95 bits per heavy atom. The molecule has 0 aliphatic rings. The molecule has 0 bridgehead atoms. The van der Waals surface area contributed by atoms with E-state index in [9.17, 15) is 0 Å². The van der Waals surface area contributed by atoms with Gasteiger partial charge in [-0.05, 0) is 24.6 Å². The second-order valence-electron chi connectivity index (χ2n) is 4.91. The molecule has 3 rings (SSSR count). The fourth-order valence-corrected chi connectivity index (χ4v) is 2.99. The van der Waals surface area contributed by atoms with Crippen LogP contribution in [0.2, 0.25) is 0 Å². The standard InChI is InChI=1S/C16H17BrN4/c1-2-19-15(9-12-5-3-4-6-14(12)17)13-10-20-21-8-7-18-11-16(13)21/h3-8,10-11,15,19H,2,9H2,1H3. The number of fused-ring (bicyclic) bond motifs is 1. The fraction of sp³-hybridized carbons (Fsp3) is 0.250. The maximum atomic E-state index is 4.41. The molecule has 0 aliphatic heterocycles. The fourth-order valence-electron chi connectivity index (χ4n) is 2.54. The third-order valence-corrected chi connectivity index (χ3v) is 4.34. The van der Waals surface area contributed by atoms with Crippen LogP contribution in [0.3, 0.4) is 0 Å². The van der Waals surface area contributed by atoms with Gasteiger partial charge < -0.3 is 5.32 Å².